The summed E-state index contributed by atoms with van der Waals surface area (Å²) in [6, 6.07) is 10.00. The van der Waals surface area contributed by atoms with Gasteiger partial charge in [-0.25, -0.2) is 0 Å². The van der Waals surface area contributed by atoms with Gasteiger partial charge in [-0.1, -0.05) is 18.2 Å². The fourth-order valence-electron chi connectivity index (χ4n) is 2.30. The Hall–Kier alpha value is -1.06. The van der Waals surface area contributed by atoms with Crippen LogP contribution in [0, 0.1) is 0 Å². The van der Waals surface area contributed by atoms with Crippen molar-refractivity contribution in [3.63, 3.8) is 0 Å². The highest BCUT2D eigenvalue weighted by molar-refractivity contribution is 5.20. The van der Waals surface area contributed by atoms with Crippen LogP contribution in [0.2, 0.25) is 0 Å². The van der Waals surface area contributed by atoms with Gasteiger partial charge in [-0.2, -0.15) is 0 Å². The van der Waals surface area contributed by atoms with Gasteiger partial charge in [0.2, 0.25) is 0 Å². The number of benzene rings is 1. The lowest BCUT2D eigenvalue weighted by Gasteiger charge is -2.38. The number of ether oxygens (including phenoxy) is 2. The Morgan fingerprint density at radius 1 is 1.28 bits per heavy atom. The molecular formula is C15H23NO2. The molecule has 1 heterocycles. The van der Waals surface area contributed by atoms with Gasteiger partial charge in [-0.3, -0.25) is 4.90 Å². The van der Waals surface area contributed by atoms with Gasteiger partial charge in [-0.15, -0.1) is 0 Å². The molecule has 0 aliphatic carbocycles. The smallest absolute Gasteiger partial charge is 0.119 e. The molecule has 1 fully saturated rings. The van der Waals surface area contributed by atoms with E-state index in [9.17, 15) is 0 Å². The summed E-state index contributed by atoms with van der Waals surface area (Å²) in [6.45, 7) is 9.06. The van der Waals surface area contributed by atoms with Crippen LogP contribution in [0.3, 0.4) is 0 Å². The Balaban J connectivity index is 1.64. The van der Waals surface area contributed by atoms with Crippen molar-refractivity contribution in [1.29, 1.82) is 0 Å². The molecule has 0 radical (unpaired) electrons. The highest BCUT2D eigenvalue weighted by Gasteiger charge is 2.26. The third kappa shape index (κ3) is 4.31. The van der Waals surface area contributed by atoms with Crippen molar-refractivity contribution < 1.29 is 9.47 Å². The molecule has 1 aliphatic rings. The van der Waals surface area contributed by atoms with Gasteiger partial charge >= 0.3 is 0 Å². The fourth-order valence-corrected chi connectivity index (χ4v) is 2.30. The summed E-state index contributed by atoms with van der Waals surface area (Å²) < 4.78 is 11.4. The Labute approximate surface area is 110 Å². The highest BCUT2D eigenvalue weighted by Crippen LogP contribution is 2.16. The van der Waals surface area contributed by atoms with Crippen molar-refractivity contribution in [2.24, 2.45) is 0 Å². The third-order valence-corrected chi connectivity index (χ3v) is 3.14. The minimum absolute atomic E-state index is 0.00145. The van der Waals surface area contributed by atoms with E-state index < -0.39 is 0 Å². The van der Waals surface area contributed by atoms with Crippen molar-refractivity contribution in [2.45, 2.75) is 25.9 Å². The molecule has 0 N–H and O–H groups in total. The molecular weight excluding hydrogens is 226 g/mol. The molecule has 3 heteroatoms. The molecule has 18 heavy (non-hydrogen) atoms. The predicted octanol–water partition coefficient (Wildman–Crippen LogP) is 2.57. The normalized spacial score (nSPS) is 19.7. The van der Waals surface area contributed by atoms with E-state index in [0.717, 1.165) is 45.0 Å². The summed E-state index contributed by atoms with van der Waals surface area (Å²) in [5.41, 5.74) is -0.00145. The first-order valence-corrected chi connectivity index (χ1v) is 6.70. The second kappa shape index (κ2) is 6.21. The van der Waals surface area contributed by atoms with Crippen LogP contribution in [0.4, 0.5) is 0 Å². The van der Waals surface area contributed by atoms with Crippen LogP contribution < -0.4 is 4.74 Å². The molecule has 0 saturated carbocycles. The number of nitrogens with zero attached hydrogens (tertiary/aromatic N) is 1. The van der Waals surface area contributed by atoms with Crippen molar-refractivity contribution in [1.82, 2.24) is 4.90 Å². The zero-order valence-electron chi connectivity index (χ0n) is 11.4. The first-order valence-electron chi connectivity index (χ1n) is 6.70. The summed E-state index contributed by atoms with van der Waals surface area (Å²) in [4.78, 5) is 2.46. The van der Waals surface area contributed by atoms with Crippen molar-refractivity contribution in [3.05, 3.63) is 30.3 Å². The van der Waals surface area contributed by atoms with Crippen molar-refractivity contribution in [3.8, 4) is 5.75 Å². The molecule has 1 saturated heterocycles. The zero-order chi connectivity index (χ0) is 12.8. The van der Waals surface area contributed by atoms with Gasteiger partial charge in [0, 0.05) is 19.6 Å². The average molecular weight is 249 g/mol. The summed E-state index contributed by atoms with van der Waals surface area (Å²) in [5, 5.41) is 0. The second-order valence-corrected chi connectivity index (χ2v) is 5.40. The zero-order valence-corrected chi connectivity index (χ0v) is 11.4. The highest BCUT2D eigenvalue weighted by atomic mass is 16.5. The Morgan fingerprint density at radius 3 is 2.78 bits per heavy atom. The van der Waals surface area contributed by atoms with Crippen LogP contribution in [-0.2, 0) is 4.74 Å². The molecule has 1 aliphatic heterocycles. The van der Waals surface area contributed by atoms with E-state index in [4.69, 9.17) is 9.47 Å². The van der Waals surface area contributed by atoms with Crippen LogP contribution in [0.25, 0.3) is 0 Å². The topological polar surface area (TPSA) is 21.7 Å². The Kier molecular flexibility index (Phi) is 4.61. The number of morpholine rings is 1. The number of rotatable bonds is 5. The SMILES string of the molecule is CC1(C)CN(CCCOc2ccccc2)CCO1. The molecule has 0 atom stereocenters. The number of hydrogen-bond acceptors (Lipinski definition) is 3. The first kappa shape index (κ1) is 13.4. The first-order chi connectivity index (χ1) is 8.66. The second-order valence-electron chi connectivity index (χ2n) is 5.40. The van der Waals surface area contributed by atoms with Crippen molar-refractivity contribution in [2.75, 3.05) is 32.8 Å². The lowest BCUT2D eigenvalue weighted by molar-refractivity contribution is -0.0864. The van der Waals surface area contributed by atoms with Crippen LogP contribution in [-0.4, -0.2) is 43.3 Å². The molecule has 2 rings (SSSR count). The summed E-state index contributed by atoms with van der Waals surface area (Å²) in [5.74, 6) is 0.958. The lowest BCUT2D eigenvalue weighted by Crippen LogP contribution is -2.48. The van der Waals surface area contributed by atoms with Gasteiger partial charge in [0.05, 0.1) is 18.8 Å². The lowest BCUT2D eigenvalue weighted by atomic mass is 10.1. The molecule has 100 valence electrons. The fraction of sp³-hybridized carbons (Fsp3) is 0.600. The minimum Gasteiger partial charge on any atom is -0.494 e. The van der Waals surface area contributed by atoms with E-state index >= 15 is 0 Å². The van der Waals surface area contributed by atoms with E-state index in [1.54, 1.807) is 0 Å². The van der Waals surface area contributed by atoms with Crippen LogP contribution in [0.5, 0.6) is 5.75 Å². The van der Waals surface area contributed by atoms with E-state index in [1.165, 1.54) is 0 Å². The van der Waals surface area contributed by atoms with E-state index in [2.05, 4.69) is 18.7 Å². The van der Waals surface area contributed by atoms with Gasteiger partial charge in [0.25, 0.3) is 0 Å². The maximum atomic E-state index is 5.70. The largest absolute Gasteiger partial charge is 0.494 e. The van der Waals surface area contributed by atoms with Gasteiger partial charge < -0.3 is 9.47 Å². The van der Waals surface area contributed by atoms with Crippen molar-refractivity contribution >= 4 is 0 Å². The van der Waals surface area contributed by atoms with Crippen LogP contribution >= 0.6 is 0 Å². The summed E-state index contributed by atoms with van der Waals surface area (Å²) in [7, 11) is 0. The molecule has 1 aromatic rings. The Morgan fingerprint density at radius 2 is 2.06 bits per heavy atom. The maximum Gasteiger partial charge on any atom is 0.119 e. The molecule has 0 amide bonds. The molecule has 1 aromatic carbocycles. The molecule has 0 bridgehead atoms. The van der Waals surface area contributed by atoms with Gasteiger partial charge in [-0.05, 0) is 32.4 Å². The Bertz CT molecular complexity index is 351. The number of hydrogen-bond donors (Lipinski definition) is 0. The van der Waals surface area contributed by atoms with Gasteiger partial charge in [0.1, 0.15) is 5.75 Å². The van der Waals surface area contributed by atoms with E-state index in [1.807, 2.05) is 30.3 Å². The standard InChI is InChI=1S/C15H23NO2/c1-15(2)13-16(10-12-18-15)9-6-11-17-14-7-4-3-5-8-14/h3-5,7-8H,6,9-13H2,1-2H3. The monoisotopic (exact) mass is 249 g/mol. The van der Waals surface area contributed by atoms with Crippen LogP contribution in [0.1, 0.15) is 20.3 Å². The quantitative estimate of drug-likeness (QED) is 0.749. The third-order valence-electron chi connectivity index (χ3n) is 3.14. The molecule has 0 aromatic heterocycles. The average Bonchev–Trinajstić information content (AvgIpc) is 2.35. The molecule has 0 unspecified atom stereocenters. The van der Waals surface area contributed by atoms with Gasteiger partial charge in [0.15, 0.2) is 0 Å². The van der Waals surface area contributed by atoms with Crippen LogP contribution in [0.15, 0.2) is 30.3 Å². The number of para-hydroxylation sites is 1. The predicted molar refractivity (Wildman–Crippen MR) is 73.0 cm³/mol. The summed E-state index contributed by atoms with van der Waals surface area (Å²) in [6.07, 6.45) is 1.06. The maximum absolute atomic E-state index is 5.70. The minimum atomic E-state index is -0.00145. The molecule has 0 spiro atoms. The molecule has 3 nitrogen and oxygen atoms in total. The van der Waals surface area contributed by atoms with E-state index in [-0.39, 0.29) is 5.60 Å². The van der Waals surface area contributed by atoms with E-state index in [0.29, 0.717) is 0 Å². The summed E-state index contributed by atoms with van der Waals surface area (Å²) >= 11 is 0.